The van der Waals surface area contributed by atoms with Gasteiger partial charge in [0.25, 0.3) is 0 Å². The number of carbonyl (C=O) groups excluding carboxylic acids is 1. The van der Waals surface area contributed by atoms with Gasteiger partial charge in [0, 0.05) is 15.9 Å². The maximum absolute atomic E-state index is 13.0. The summed E-state index contributed by atoms with van der Waals surface area (Å²) in [6.07, 6.45) is 3.62. The highest BCUT2D eigenvalue weighted by molar-refractivity contribution is 9.10. The van der Waals surface area contributed by atoms with Gasteiger partial charge >= 0.3 is 11.9 Å². The number of dihydropyridines is 1. The second kappa shape index (κ2) is 9.59. The van der Waals surface area contributed by atoms with Crippen LogP contribution in [0.3, 0.4) is 0 Å². The molecule has 1 aliphatic heterocycles. The molecule has 2 aromatic rings. The topological polar surface area (TPSA) is 75.6 Å². The molecule has 1 heterocycles. The van der Waals surface area contributed by atoms with E-state index >= 15 is 0 Å². The number of carboxylic acids is 1. The third-order valence-corrected chi connectivity index (χ3v) is 5.36. The van der Waals surface area contributed by atoms with E-state index in [1.54, 1.807) is 19.9 Å². The van der Waals surface area contributed by atoms with E-state index in [4.69, 9.17) is 4.74 Å². The first-order chi connectivity index (χ1) is 14.4. The number of halogens is 1. The zero-order valence-corrected chi connectivity index (χ0v) is 18.3. The Hall–Kier alpha value is -3.12. The zero-order chi connectivity index (χ0) is 21.7. The number of ether oxygens (including phenoxy) is 1. The lowest BCUT2D eigenvalue weighted by molar-refractivity contribution is -0.138. The molecule has 0 fully saturated rings. The summed E-state index contributed by atoms with van der Waals surface area (Å²) in [6, 6.07) is 17.0. The van der Waals surface area contributed by atoms with E-state index in [2.05, 4.69) is 21.2 Å². The van der Waals surface area contributed by atoms with Gasteiger partial charge in [-0.1, -0.05) is 64.5 Å². The minimum Gasteiger partial charge on any atom is -0.478 e. The van der Waals surface area contributed by atoms with Gasteiger partial charge in [-0.25, -0.2) is 9.59 Å². The third-order valence-electron chi connectivity index (χ3n) is 4.83. The van der Waals surface area contributed by atoms with Crippen LogP contribution in [0.1, 0.15) is 30.9 Å². The van der Waals surface area contributed by atoms with Crippen molar-refractivity contribution in [3.05, 3.63) is 98.8 Å². The maximum atomic E-state index is 13.0. The standard InChI is InChI=1S/C24H22BrNO4/c1-15-20(23(27)28)22(18-10-12-19(25)13-11-18)21(16(2)26-15)24(29)30-14-6-9-17-7-4-3-5-8-17/h3-13,22,26H,14H2,1-2H3,(H,27,28)/b9-6+. The number of hydrogen-bond acceptors (Lipinski definition) is 4. The van der Waals surface area contributed by atoms with Gasteiger partial charge in [-0.3, -0.25) is 0 Å². The van der Waals surface area contributed by atoms with Crippen molar-refractivity contribution in [2.24, 2.45) is 0 Å². The minimum atomic E-state index is -1.07. The summed E-state index contributed by atoms with van der Waals surface area (Å²) in [5.74, 6) is -2.34. The van der Waals surface area contributed by atoms with E-state index in [9.17, 15) is 14.7 Å². The van der Waals surface area contributed by atoms with Crippen LogP contribution in [0.2, 0.25) is 0 Å². The van der Waals surface area contributed by atoms with Gasteiger partial charge in [-0.05, 0) is 43.2 Å². The maximum Gasteiger partial charge on any atom is 0.337 e. The fraction of sp³-hybridized carbons (Fsp3) is 0.167. The summed E-state index contributed by atoms with van der Waals surface area (Å²) >= 11 is 3.39. The molecule has 5 nitrogen and oxygen atoms in total. The predicted octanol–water partition coefficient (Wildman–Crippen LogP) is 5.03. The van der Waals surface area contributed by atoms with Crippen molar-refractivity contribution < 1.29 is 19.4 Å². The zero-order valence-electron chi connectivity index (χ0n) is 16.7. The van der Waals surface area contributed by atoms with Crippen molar-refractivity contribution in [3.63, 3.8) is 0 Å². The van der Waals surface area contributed by atoms with Crippen LogP contribution in [-0.2, 0) is 14.3 Å². The fourth-order valence-electron chi connectivity index (χ4n) is 3.49. The predicted molar refractivity (Wildman–Crippen MR) is 119 cm³/mol. The largest absolute Gasteiger partial charge is 0.478 e. The highest BCUT2D eigenvalue weighted by Crippen LogP contribution is 2.39. The smallest absolute Gasteiger partial charge is 0.337 e. The van der Waals surface area contributed by atoms with Gasteiger partial charge in [0.2, 0.25) is 0 Å². The Morgan fingerprint density at radius 2 is 1.67 bits per heavy atom. The van der Waals surface area contributed by atoms with E-state index in [1.807, 2.05) is 60.7 Å². The van der Waals surface area contributed by atoms with Gasteiger partial charge in [0.15, 0.2) is 0 Å². The average Bonchev–Trinajstić information content (AvgIpc) is 2.71. The normalized spacial score (nSPS) is 16.6. The molecule has 0 saturated heterocycles. The van der Waals surface area contributed by atoms with Gasteiger partial charge in [0.05, 0.1) is 17.1 Å². The van der Waals surface area contributed by atoms with Crippen molar-refractivity contribution in [2.45, 2.75) is 19.8 Å². The van der Waals surface area contributed by atoms with Gasteiger partial charge < -0.3 is 15.2 Å². The second-order valence-electron chi connectivity index (χ2n) is 6.90. The number of rotatable bonds is 6. The van der Waals surface area contributed by atoms with E-state index in [-0.39, 0.29) is 12.2 Å². The van der Waals surface area contributed by atoms with Crippen LogP contribution in [0.5, 0.6) is 0 Å². The third kappa shape index (κ3) is 4.89. The molecular formula is C24H22BrNO4. The molecule has 154 valence electrons. The summed E-state index contributed by atoms with van der Waals surface area (Å²) < 4.78 is 6.33. The lowest BCUT2D eigenvalue weighted by Crippen LogP contribution is -2.31. The monoisotopic (exact) mass is 467 g/mol. The molecule has 0 aliphatic carbocycles. The Kier molecular flexibility index (Phi) is 6.90. The van der Waals surface area contributed by atoms with Gasteiger partial charge in [-0.15, -0.1) is 0 Å². The summed E-state index contributed by atoms with van der Waals surface area (Å²) in [6.45, 7) is 3.54. The SMILES string of the molecule is CC1=C(C(=O)O)C(c2ccc(Br)cc2)C(C(=O)OC/C=C/c2ccccc2)=C(C)N1. The molecule has 0 amide bonds. The Morgan fingerprint density at radius 1 is 1.03 bits per heavy atom. The summed E-state index contributed by atoms with van der Waals surface area (Å²) in [4.78, 5) is 25.0. The number of allylic oxidation sites excluding steroid dienone is 2. The molecule has 1 atom stereocenters. The lowest BCUT2D eigenvalue weighted by Gasteiger charge is -2.29. The lowest BCUT2D eigenvalue weighted by atomic mass is 9.80. The number of hydrogen-bond donors (Lipinski definition) is 2. The van der Waals surface area contributed by atoms with Crippen LogP contribution in [0, 0.1) is 0 Å². The first kappa shape index (κ1) is 21.6. The molecule has 0 aromatic heterocycles. The summed E-state index contributed by atoms with van der Waals surface area (Å²) in [5.41, 5.74) is 3.24. The quantitative estimate of drug-likeness (QED) is 0.582. The average molecular weight is 468 g/mol. The molecule has 0 bridgehead atoms. The molecule has 0 saturated carbocycles. The Labute approximate surface area is 183 Å². The molecule has 2 N–H and O–H groups in total. The number of nitrogens with one attached hydrogen (secondary N) is 1. The Bertz CT molecular complexity index is 1040. The molecule has 1 unspecified atom stereocenters. The van der Waals surface area contributed by atoms with Crippen molar-refractivity contribution >= 4 is 33.9 Å². The van der Waals surface area contributed by atoms with Crippen LogP contribution >= 0.6 is 15.9 Å². The van der Waals surface area contributed by atoms with Crippen molar-refractivity contribution in [2.75, 3.05) is 6.61 Å². The molecular weight excluding hydrogens is 446 g/mol. The van der Waals surface area contributed by atoms with Gasteiger partial charge in [0.1, 0.15) is 6.61 Å². The summed E-state index contributed by atoms with van der Waals surface area (Å²) in [5, 5.41) is 12.8. The molecule has 6 heteroatoms. The molecule has 30 heavy (non-hydrogen) atoms. The van der Waals surface area contributed by atoms with Gasteiger partial charge in [-0.2, -0.15) is 0 Å². The molecule has 1 aliphatic rings. The number of aliphatic carboxylic acids is 1. The molecule has 2 aromatic carbocycles. The number of benzene rings is 2. The summed E-state index contributed by atoms with van der Waals surface area (Å²) in [7, 11) is 0. The van der Waals surface area contributed by atoms with E-state index in [1.165, 1.54) is 0 Å². The number of esters is 1. The Balaban J connectivity index is 1.87. The van der Waals surface area contributed by atoms with E-state index in [0.717, 1.165) is 10.0 Å². The first-order valence-electron chi connectivity index (χ1n) is 9.44. The van der Waals surface area contributed by atoms with E-state index < -0.39 is 17.9 Å². The van der Waals surface area contributed by atoms with Crippen LogP contribution in [-0.4, -0.2) is 23.7 Å². The van der Waals surface area contributed by atoms with Crippen molar-refractivity contribution in [3.8, 4) is 0 Å². The van der Waals surface area contributed by atoms with Crippen LogP contribution in [0.15, 0.2) is 87.7 Å². The minimum absolute atomic E-state index is 0.0860. The van der Waals surface area contributed by atoms with Crippen molar-refractivity contribution in [1.29, 1.82) is 0 Å². The highest BCUT2D eigenvalue weighted by atomic mass is 79.9. The fourth-order valence-corrected chi connectivity index (χ4v) is 3.75. The van der Waals surface area contributed by atoms with E-state index in [0.29, 0.717) is 22.5 Å². The first-order valence-corrected chi connectivity index (χ1v) is 10.2. The molecule has 0 radical (unpaired) electrons. The molecule has 0 spiro atoms. The van der Waals surface area contributed by atoms with Crippen molar-refractivity contribution in [1.82, 2.24) is 5.32 Å². The number of carbonyl (C=O) groups is 2. The molecule has 3 rings (SSSR count). The van der Waals surface area contributed by atoms with Crippen LogP contribution < -0.4 is 5.32 Å². The van der Waals surface area contributed by atoms with Crippen LogP contribution in [0.25, 0.3) is 6.08 Å². The Morgan fingerprint density at radius 3 is 2.30 bits per heavy atom. The highest BCUT2D eigenvalue weighted by Gasteiger charge is 2.37. The second-order valence-corrected chi connectivity index (χ2v) is 7.82. The number of carboxylic acid groups (broad SMARTS) is 1. The van der Waals surface area contributed by atoms with Crippen LogP contribution in [0.4, 0.5) is 0 Å².